The van der Waals surface area contributed by atoms with Crippen LogP contribution in [-0.2, 0) is 20.6 Å². The highest BCUT2D eigenvalue weighted by Crippen LogP contribution is 2.32. The average molecular weight is 537 g/mol. The number of rotatable bonds is 12. The van der Waals surface area contributed by atoms with Gasteiger partial charge in [-0.05, 0) is 48.0 Å². The summed E-state index contributed by atoms with van der Waals surface area (Å²) >= 11 is 1.44. The zero-order valence-electron chi connectivity index (χ0n) is 19.7. The van der Waals surface area contributed by atoms with Crippen LogP contribution in [0.1, 0.15) is 5.56 Å². The lowest BCUT2D eigenvalue weighted by molar-refractivity contribution is -0.119. The summed E-state index contributed by atoms with van der Waals surface area (Å²) in [5.41, 5.74) is 0.688. The lowest BCUT2D eigenvalue weighted by Crippen LogP contribution is -2.41. The molecule has 0 unspecified atom stereocenters. The minimum absolute atomic E-state index is 0.121. The highest BCUT2D eigenvalue weighted by atomic mass is 32.2. The molecular formula is C25H26F2N2O5S2. The number of amides is 1. The van der Waals surface area contributed by atoms with Crippen molar-refractivity contribution in [1.29, 1.82) is 0 Å². The summed E-state index contributed by atoms with van der Waals surface area (Å²) in [6.45, 7) is -0.272. The maximum absolute atomic E-state index is 13.7. The van der Waals surface area contributed by atoms with Crippen molar-refractivity contribution in [3.05, 3.63) is 83.9 Å². The third-order valence-corrected chi connectivity index (χ3v) is 7.91. The van der Waals surface area contributed by atoms with Crippen LogP contribution in [0.4, 0.5) is 14.5 Å². The van der Waals surface area contributed by atoms with Crippen LogP contribution >= 0.6 is 11.8 Å². The molecule has 3 aromatic rings. The Morgan fingerprint density at radius 2 is 1.67 bits per heavy atom. The maximum atomic E-state index is 13.7. The van der Waals surface area contributed by atoms with Gasteiger partial charge in [-0.1, -0.05) is 18.2 Å². The third kappa shape index (κ3) is 6.88. The predicted molar refractivity (Wildman–Crippen MR) is 136 cm³/mol. The Morgan fingerprint density at radius 3 is 2.33 bits per heavy atom. The van der Waals surface area contributed by atoms with Crippen LogP contribution in [0.3, 0.4) is 0 Å². The van der Waals surface area contributed by atoms with E-state index in [9.17, 15) is 22.0 Å². The summed E-state index contributed by atoms with van der Waals surface area (Å²) in [6, 6.07) is 15.3. The van der Waals surface area contributed by atoms with E-state index in [1.807, 2.05) is 0 Å². The van der Waals surface area contributed by atoms with Gasteiger partial charge in [0.1, 0.15) is 18.2 Å². The van der Waals surface area contributed by atoms with Crippen molar-refractivity contribution in [3.8, 4) is 11.5 Å². The van der Waals surface area contributed by atoms with E-state index in [0.717, 1.165) is 16.4 Å². The summed E-state index contributed by atoms with van der Waals surface area (Å²) in [4.78, 5) is 12.6. The van der Waals surface area contributed by atoms with Crippen LogP contribution in [-0.4, -0.2) is 47.4 Å². The molecule has 36 heavy (non-hydrogen) atoms. The van der Waals surface area contributed by atoms with Gasteiger partial charge >= 0.3 is 0 Å². The molecule has 0 aromatic heterocycles. The zero-order chi connectivity index (χ0) is 26.1. The van der Waals surface area contributed by atoms with Gasteiger partial charge in [0.25, 0.3) is 10.0 Å². The number of ether oxygens (including phenoxy) is 2. The first-order valence-electron chi connectivity index (χ1n) is 10.8. The van der Waals surface area contributed by atoms with Crippen molar-refractivity contribution >= 4 is 33.4 Å². The van der Waals surface area contributed by atoms with Gasteiger partial charge in [0.2, 0.25) is 5.91 Å². The Kier molecular flexibility index (Phi) is 9.54. The lowest BCUT2D eigenvalue weighted by atomic mass is 10.2. The van der Waals surface area contributed by atoms with E-state index in [2.05, 4.69) is 5.32 Å². The molecule has 0 radical (unpaired) electrons. The molecule has 0 aliphatic rings. The zero-order valence-corrected chi connectivity index (χ0v) is 21.4. The topological polar surface area (TPSA) is 84.9 Å². The summed E-state index contributed by atoms with van der Waals surface area (Å²) in [7, 11) is -1.42. The van der Waals surface area contributed by atoms with Crippen LogP contribution in [0.2, 0.25) is 0 Å². The molecule has 0 saturated heterocycles. The molecule has 0 aliphatic heterocycles. The number of sulfonamides is 1. The van der Waals surface area contributed by atoms with Crippen molar-refractivity contribution in [2.24, 2.45) is 0 Å². The second-order valence-electron chi connectivity index (χ2n) is 7.50. The molecule has 0 heterocycles. The maximum Gasteiger partial charge on any atom is 0.264 e. The number of hydrogen-bond donors (Lipinski definition) is 1. The molecule has 1 N–H and O–H groups in total. The standard InChI is InChI=1S/C25H26F2N2O5S2/c1-33-23-12-11-21(15-24(23)34-2)36(31,32)29(20-9-7-19(26)8-10-20)16-25(30)28-13-14-35-17-18-5-3-4-6-22(18)27/h3-12,15H,13-14,16-17H2,1-2H3,(H,28,30). The summed E-state index contributed by atoms with van der Waals surface area (Å²) in [6.07, 6.45) is 0. The number of thioether (sulfide) groups is 1. The molecule has 0 bridgehead atoms. The van der Waals surface area contributed by atoms with Crippen LogP contribution in [0.5, 0.6) is 11.5 Å². The summed E-state index contributed by atoms with van der Waals surface area (Å²) in [5, 5.41) is 2.68. The highest BCUT2D eigenvalue weighted by molar-refractivity contribution is 7.98. The quantitative estimate of drug-likeness (QED) is 0.349. The fraction of sp³-hybridized carbons (Fsp3) is 0.240. The lowest BCUT2D eigenvalue weighted by Gasteiger charge is -2.24. The first kappa shape index (κ1) is 27.3. The molecular weight excluding hydrogens is 510 g/mol. The molecule has 11 heteroatoms. The van der Waals surface area contributed by atoms with E-state index in [1.54, 1.807) is 18.2 Å². The second kappa shape index (κ2) is 12.6. The normalized spacial score (nSPS) is 11.1. The van der Waals surface area contributed by atoms with Gasteiger partial charge in [0.15, 0.2) is 11.5 Å². The second-order valence-corrected chi connectivity index (χ2v) is 10.5. The average Bonchev–Trinajstić information content (AvgIpc) is 2.88. The Balaban J connectivity index is 1.71. The SMILES string of the molecule is COc1ccc(S(=O)(=O)N(CC(=O)NCCSCc2ccccc2F)c2ccc(F)cc2)cc1OC. The van der Waals surface area contributed by atoms with E-state index >= 15 is 0 Å². The Bertz CT molecular complexity index is 1290. The molecule has 3 aromatic carbocycles. The van der Waals surface area contributed by atoms with Gasteiger partial charge in [0, 0.05) is 24.1 Å². The minimum atomic E-state index is -4.23. The fourth-order valence-corrected chi connectivity index (χ4v) is 5.55. The molecule has 192 valence electrons. The number of carbonyl (C=O) groups is 1. The molecule has 3 rings (SSSR count). The molecule has 1 amide bonds. The fourth-order valence-electron chi connectivity index (χ4n) is 3.27. The van der Waals surface area contributed by atoms with Crippen molar-refractivity contribution in [2.75, 3.05) is 37.4 Å². The number of nitrogens with zero attached hydrogens (tertiary/aromatic N) is 1. The van der Waals surface area contributed by atoms with E-state index in [4.69, 9.17) is 9.47 Å². The largest absolute Gasteiger partial charge is 0.493 e. The number of nitrogens with one attached hydrogen (secondary N) is 1. The number of carbonyl (C=O) groups excluding carboxylic acids is 1. The van der Waals surface area contributed by atoms with E-state index in [0.29, 0.717) is 22.8 Å². The molecule has 7 nitrogen and oxygen atoms in total. The Labute approximate surface area is 213 Å². The van der Waals surface area contributed by atoms with Gasteiger partial charge < -0.3 is 14.8 Å². The van der Waals surface area contributed by atoms with Crippen LogP contribution in [0, 0.1) is 11.6 Å². The predicted octanol–water partition coefficient (Wildman–Crippen LogP) is 4.23. The number of benzene rings is 3. The van der Waals surface area contributed by atoms with Crippen molar-refractivity contribution in [1.82, 2.24) is 5.32 Å². The van der Waals surface area contributed by atoms with Crippen LogP contribution in [0.25, 0.3) is 0 Å². The number of anilines is 1. The van der Waals surface area contributed by atoms with Gasteiger partial charge in [-0.2, -0.15) is 11.8 Å². The monoisotopic (exact) mass is 536 g/mol. The van der Waals surface area contributed by atoms with Gasteiger partial charge in [-0.15, -0.1) is 0 Å². The highest BCUT2D eigenvalue weighted by Gasteiger charge is 2.28. The van der Waals surface area contributed by atoms with Crippen molar-refractivity contribution in [3.63, 3.8) is 0 Å². The minimum Gasteiger partial charge on any atom is -0.493 e. The third-order valence-electron chi connectivity index (χ3n) is 5.13. The smallest absolute Gasteiger partial charge is 0.264 e. The van der Waals surface area contributed by atoms with Crippen LogP contribution < -0.4 is 19.1 Å². The molecule has 0 fully saturated rings. The van der Waals surface area contributed by atoms with E-state index < -0.39 is 28.3 Å². The Morgan fingerprint density at radius 1 is 0.972 bits per heavy atom. The van der Waals surface area contributed by atoms with Gasteiger partial charge in [-0.3, -0.25) is 9.10 Å². The first-order chi connectivity index (χ1) is 17.3. The van der Waals surface area contributed by atoms with Crippen LogP contribution in [0.15, 0.2) is 71.6 Å². The van der Waals surface area contributed by atoms with Gasteiger partial charge in [-0.25, -0.2) is 17.2 Å². The Hall–Kier alpha value is -3.31. The van der Waals surface area contributed by atoms with Gasteiger partial charge in [0.05, 0.1) is 24.8 Å². The number of methoxy groups -OCH3 is 2. The summed E-state index contributed by atoms with van der Waals surface area (Å²) in [5.74, 6) is 0.110. The van der Waals surface area contributed by atoms with Crippen molar-refractivity contribution < 1.29 is 31.5 Å². The first-order valence-corrected chi connectivity index (χ1v) is 13.4. The number of halogens is 2. The molecule has 0 aliphatic carbocycles. The summed E-state index contributed by atoms with van der Waals surface area (Å²) < 4.78 is 65.5. The van der Waals surface area contributed by atoms with E-state index in [1.165, 1.54) is 62.4 Å². The number of hydrogen-bond acceptors (Lipinski definition) is 6. The molecule has 0 spiro atoms. The van der Waals surface area contributed by atoms with E-state index in [-0.39, 0.29) is 28.7 Å². The molecule has 0 atom stereocenters. The molecule has 0 saturated carbocycles. The van der Waals surface area contributed by atoms with Crippen molar-refractivity contribution in [2.45, 2.75) is 10.6 Å².